The Hall–Kier alpha value is -1.39. The second-order valence-corrected chi connectivity index (χ2v) is 5.48. The molecule has 2 aliphatic rings. The number of hydrogen-bond acceptors (Lipinski definition) is 4. The summed E-state index contributed by atoms with van der Waals surface area (Å²) in [4.78, 5) is 11.4. The van der Waals surface area contributed by atoms with Crippen molar-refractivity contribution in [1.29, 1.82) is 0 Å². The fourth-order valence-corrected chi connectivity index (χ4v) is 3.23. The van der Waals surface area contributed by atoms with Crippen LogP contribution in [0.5, 0.6) is 0 Å². The summed E-state index contributed by atoms with van der Waals surface area (Å²) >= 11 is 0. The molecule has 2 fully saturated rings. The molecule has 0 bridgehead atoms. The van der Waals surface area contributed by atoms with Crippen molar-refractivity contribution < 1.29 is 19.0 Å². The molecule has 0 unspecified atom stereocenters. The molecule has 4 nitrogen and oxygen atoms in total. The number of carbonyl (C=O) groups excluding carboxylic acids is 1. The molecule has 0 radical (unpaired) electrons. The first-order valence-corrected chi connectivity index (χ1v) is 7.21. The minimum absolute atomic E-state index is 0.129. The zero-order chi connectivity index (χ0) is 13.9. The molecule has 0 N–H and O–H groups in total. The third-order valence-corrected chi connectivity index (χ3v) is 4.13. The Morgan fingerprint density at radius 2 is 2.10 bits per heavy atom. The highest BCUT2D eigenvalue weighted by molar-refractivity contribution is 5.66. The molecule has 0 aliphatic carbocycles. The number of rotatable bonds is 3. The van der Waals surface area contributed by atoms with Crippen molar-refractivity contribution in [2.24, 2.45) is 11.8 Å². The topological polar surface area (TPSA) is 44.8 Å². The molecule has 1 aromatic carbocycles. The van der Waals surface area contributed by atoms with Gasteiger partial charge in [0.05, 0.1) is 6.61 Å². The lowest BCUT2D eigenvalue weighted by molar-refractivity contribution is -0.157. The molecule has 4 heteroatoms. The highest BCUT2D eigenvalue weighted by Gasteiger charge is 2.45. The van der Waals surface area contributed by atoms with Gasteiger partial charge in [-0.15, -0.1) is 0 Å². The smallest absolute Gasteiger partial charge is 0.303 e. The van der Waals surface area contributed by atoms with Crippen LogP contribution in [0.3, 0.4) is 0 Å². The summed E-state index contributed by atoms with van der Waals surface area (Å²) in [5, 5.41) is 0. The van der Waals surface area contributed by atoms with E-state index < -0.39 is 0 Å². The number of hydrogen-bond donors (Lipinski definition) is 0. The maximum absolute atomic E-state index is 11.4. The quantitative estimate of drug-likeness (QED) is 0.796. The second-order valence-electron chi connectivity index (χ2n) is 5.48. The molecule has 108 valence electrons. The third-order valence-electron chi connectivity index (χ3n) is 4.13. The third kappa shape index (κ3) is 2.72. The van der Waals surface area contributed by atoms with E-state index in [9.17, 15) is 4.79 Å². The number of fused-ring (bicyclic) bond motifs is 1. The Bertz CT molecular complexity index is 459. The van der Waals surface area contributed by atoms with Crippen molar-refractivity contribution in [1.82, 2.24) is 0 Å². The van der Waals surface area contributed by atoms with Gasteiger partial charge < -0.3 is 14.2 Å². The Kier molecular flexibility index (Phi) is 4.03. The molecule has 0 saturated carbocycles. The summed E-state index contributed by atoms with van der Waals surface area (Å²) in [6.45, 7) is 2.81. The Morgan fingerprint density at radius 3 is 2.85 bits per heavy atom. The van der Waals surface area contributed by atoms with Crippen molar-refractivity contribution in [3.05, 3.63) is 35.9 Å². The van der Waals surface area contributed by atoms with E-state index in [4.69, 9.17) is 14.2 Å². The van der Waals surface area contributed by atoms with Gasteiger partial charge in [0.1, 0.15) is 6.10 Å². The minimum Gasteiger partial charge on any atom is -0.457 e. The molecule has 4 atom stereocenters. The number of benzene rings is 1. The molecule has 2 aliphatic heterocycles. The van der Waals surface area contributed by atoms with Crippen LogP contribution in [0, 0.1) is 11.8 Å². The molecule has 0 aromatic heterocycles. The van der Waals surface area contributed by atoms with Crippen LogP contribution in [0.2, 0.25) is 0 Å². The standard InChI is InChI=1S/C16H20O4/c1-11(17)20-15(12-6-3-2-4-7-12)14-10-19-16-13(14)8-5-9-18-16/h2-4,6-7,13-16H,5,8-10H2,1H3/t13-,14-,15-,16+/m0/s1. The van der Waals surface area contributed by atoms with Gasteiger partial charge in [-0.3, -0.25) is 4.79 Å². The average Bonchev–Trinajstić information content (AvgIpc) is 2.89. The van der Waals surface area contributed by atoms with Crippen molar-refractivity contribution in [2.75, 3.05) is 13.2 Å². The van der Waals surface area contributed by atoms with Crippen LogP contribution in [0.15, 0.2) is 30.3 Å². The van der Waals surface area contributed by atoms with Crippen LogP contribution in [-0.4, -0.2) is 25.5 Å². The largest absolute Gasteiger partial charge is 0.457 e. The van der Waals surface area contributed by atoms with Crippen LogP contribution in [0.25, 0.3) is 0 Å². The molecule has 20 heavy (non-hydrogen) atoms. The van der Waals surface area contributed by atoms with E-state index >= 15 is 0 Å². The van der Waals surface area contributed by atoms with Crippen LogP contribution >= 0.6 is 0 Å². The first kappa shape index (κ1) is 13.6. The second kappa shape index (κ2) is 5.94. The SMILES string of the molecule is CC(=O)O[C@@H](c1ccccc1)[C@H]1CO[C@H]2OCCC[C@H]21. The Balaban J connectivity index is 1.84. The van der Waals surface area contributed by atoms with Gasteiger partial charge in [0.2, 0.25) is 0 Å². The zero-order valence-corrected chi connectivity index (χ0v) is 11.7. The van der Waals surface area contributed by atoms with Crippen molar-refractivity contribution in [3.63, 3.8) is 0 Å². The molecular weight excluding hydrogens is 256 g/mol. The highest BCUT2D eigenvalue weighted by Crippen LogP contribution is 2.43. The van der Waals surface area contributed by atoms with Gasteiger partial charge >= 0.3 is 5.97 Å². The summed E-state index contributed by atoms with van der Waals surface area (Å²) < 4.78 is 17.0. The monoisotopic (exact) mass is 276 g/mol. The number of carbonyl (C=O) groups is 1. The van der Waals surface area contributed by atoms with Crippen LogP contribution in [0.4, 0.5) is 0 Å². The van der Waals surface area contributed by atoms with Crippen molar-refractivity contribution in [3.8, 4) is 0 Å². The molecule has 3 rings (SSSR count). The van der Waals surface area contributed by atoms with Gasteiger partial charge in [-0.05, 0) is 18.4 Å². The Labute approximate surface area is 119 Å². The number of esters is 1. The lowest BCUT2D eigenvalue weighted by atomic mass is 9.82. The first-order valence-electron chi connectivity index (χ1n) is 7.21. The highest BCUT2D eigenvalue weighted by atomic mass is 16.7. The molecule has 2 heterocycles. The lowest BCUT2D eigenvalue weighted by Crippen LogP contribution is -2.32. The van der Waals surface area contributed by atoms with E-state index in [1.165, 1.54) is 6.92 Å². The van der Waals surface area contributed by atoms with Crippen LogP contribution in [0.1, 0.15) is 31.4 Å². The van der Waals surface area contributed by atoms with E-state index in [-0.39, 0.29) is 24.3 Å². The summed E-state index contributed by atoms with van der Waals surface area (Å²) in [5.74, 6) is 0.235. The summed E-state index contributed by atoms with van der Waals surface area (Å²) in [6, 6.07) is 9.91. The summed E-state index contributed by atoms with van der Waals surface area (Å²) in [5.41, 5.74) is 1.03. The van der Waals surface area contributed by atoms with Gasteiger partial charge in [-0.25, -0.2) is 0 Å². The van der Waals surface area contributed by atoms with E-state index in [0.717, 1.165) is 25.0 Å². The Morgan fingerprint density at radius 1 is 1.30 bits per heavy atom. The van der Waals surface area contributed by atoms with Crippen LogP contribution in [-0.2, 0) is 19.0 Å². The van der Waals surface area contributed by atoms with E-state index in [1.54, 1.807) is 0 Å². The molecule has 0 amide bonds. The van der Waals surface area contributed by atoms with Gasteiger partial charge in [0.25, 0.3) is 0 Å². The number of ether oxygens (including phenoxy) is 3. The van der Waals surface area contributed by atoms with Gasteiger partial charge in [0, 0.05) is 25.4 Å². The van der Waals surface area contributed by atoms with E-state index in [0.29, 0.717) is 12.5 Å². The lowest BCUT2D eigenvalue weighted by Gasteiger charge is -2.31. The fourth-order valence-electron chi connectivity index (χ4n) is 3.23. The fraction of sp³-hybridized carbons (Fsp3) is 0.562. The first-order chi connectivity index (χ1) is 9.75. The summed E-state index contributed by atoms with van der Waals surface area (Å²) in [6.07, 6.45) is 1.74. The van der Waals surface area contributed by atoms with Crippen molar-refractivity contribution >= 4 is 5.97 Å². The maximum atomic E-state index is 11.4. The van der Waals surface area contributed by atoms with E-state index in [2.05, 4.69) is 0 Å². The summed E-state index contributed by atoms with van der Waals surface area (Å²) in [7, 11) is 0. The predicted molar refractivity (Wildman–Crippen MR) is 72.9 cm³/mol. The predicted octanol–water partition coefficient (Wildman–Crippen LogP) is 2.69. The molecule has 0 spiro atoms. The van der Waals surface area contributed by atoms with Crippen molar-refractivity contribution in [2.45, 2.75) is 32.2 Å². The molecule has 2 saturated heterocycles. The molecule has 1 aromatic rings. The molecular formula is C16H20O4. The van der Waals surface area contributed by atoms with Gasteiger partial charge in [-0.1, -0.05) is 30.3 Å². The van der Waals surface area contributed by atoms with Gasteiger partial charge in [-0.2, -0.15) is 0 Å². The maximum Gasteiger partial charge on any atom is 0.303 e. The van der Waals surface area contributed by atoms with E-state index in [1.807, 2.05) is 30.3 Å². The normalized spacial score (nSPS) is 30.6. The van der Waals surface area contributed by atoms with Crippen LogP contribution < -0.4 is 0 Å². The zero-order valence-electron chi connectivity index (χ0n) is 11.7. The minimum atomic E-state index is -0.251. The van der Waals surface area contributed by atoms with Gasteiger partial charge in [0.15, 0.2) is 6.29 Å². The average molecular weight is 276 g/mol.